The largest absolute Gasteiger partial charge is 0.236 e. The second-order valence-electron chi connectivity index (χ2n) is 4.29. The van der Waals surface area contributed by atoms with E-state index in [2.05, 4.69) is 0 Å². The third-order valence-electron chi connectivity index (χ3n) is 2.50. The quantitative estimate of drug-likeness (QED) is 0.465. The molecule has 0 aliphatic carbocycles. The number of hydrogen-bond acceptors (Lipinski definition) is 2. The van der Waals surface area contributed by atoms with Crippen LogP contribution in [0.3, 0.4) is 0 Å². The van der Waals surface area contributed by atoms with Gasteiger partial charge in [0, 0.05) is 26.6 Å². The first-order chi connectivity index (χ1) is 10.6. The molecule has 0 saturated heterocycles. The van der Waals surface area contributed by atoms with Crippen molar-refractivity contribution in [2.45, 2.75) is 11.6 Å². The van der Waals surface area contributed by atoms with E-state index >= 15 is 0 Å². The van der Waals surface area contributed by atoms with E-state index in [4.69, 9.17) is 45.5 Å². The Morgan fingerprint density at radius 3 is 1.65 bits per heavy atom. The minimum atomic E-state index is -3.65. The molecule has 0 spiro atoms. The van der Waals surface area contributed by atoms with Gasteiger partial charge in [0.2, 0.25) is 9.05 Å². The van der Waals surface area contributed by atoms with E-state index in [1.165, 1.54) is 18.2 Å². The smallest absolute Gasteiger partial charge is 0.212 e. The molecule has 0 aliphatic rings. The molecule has 9 heteroatoms. The van der Waals surface area contributed by atoms with Crippen molar-refractivity contribution in [3.63, 3.8) is 0 Å². The molecule has 2 aromatic carbocycles. The molecule has 0 aliphatic heterocycles. The van der Waals surface area contributed by atoms with Crippen molar-refractivity contribution >= 4 is 54.5 Å². The SMILES string of the molecule is Fc1ccc(CCl)c(Cl)c1.O=S(=O)(Cl)Cc1ccc(F)cc1Cl. The average molecular weight is 422 g/mol. The lowest BCUT2D eigenvalue weighted by molar-refractivity contribution is 0.608. The molecule has 0 heterocycles. The van der Waals surface area contributed by atoms with Crippen molar-refractivity contribution in [3.8, 4) is 0 Å². The zero-order valence-corrected chi connectivity index (χ0v) is 15.2. The maximum absolute atomic E-state index is 12.5. The van der Waals surface area contributed by atoms with Crippen molar-refractivity contribution in [1.82, 2.24) is 0 Å². The molecule has 2 nitrogen and oxygen atoms in total. The highest BCUT2D eigenvalue weighted by Gasteiger charge is 2.10. The van der Waals surface area contributed by atoms with Crippen LogP contribution in [0.2, 0.25) is 10.0 Å². The zero-order valence-electron chi connectivity index (χ0n) is 11.4. The van der Waals surface area contributed by atoms with Crippen LogP contribution in [0, 0.1) is 11.6 Å². The summed E-state index contributed by atoms with van der Waals surface area (Å²) in [6, 6.07) is 7.62. The monoisotopic (exact) mass is 420 g/mol. The maximum atomic E-state index is 12.5. The summed E-state index contributed by atoms with van der Waals surface area (Å²) in [6.45, 7) is 0. The van der Waals surface area contributed by atoms with Gasteiger partial charge >= 0.3 is 0 Å². The number of alkyl halides is 1. The first-order valence-corrected chi connectivity index (χ1v) is 9.75. The number of halogens is 6. The molecule has 2 rings (SSSR count). The first kappa shape index (κ1) is 20.5. The van der Waals surface area contributed by atoms with Crippen LogP contribution in [0.25, 0.3) is 0 Å². The van der Waals surface area contributed by atoms with Gasteiger partial charge in [0.05, 0.1) is 5.75 Å². The summed E-state index contributed by atoms with van der Waals surface area (Å²) in [7, 11) is 1.35. The van der Waals surface area contributed by atoms with Gasteiger partial charge in [-0.25, -0.2) is 17.2 Å². The van der Waals surface area contributed by atoms with Gasteiger partial charge in [0.15, 0.2) is 0 Å². The van der Waals surface area contributed by atoms with Gasteiger partial charge in [-0.3, -0.25) is 0 Å². The lowest BCUT2D eigenvalue weighted by atomic mass is 10.2. The fourth-order valence-corrected chi connectivity index (χ4v) is 3.28. The Morgan fingerprint density at radius 2 is 1.30 bits per heavy atom. The van der Waals surface area contributed by atoms with Crippen molar-refractivity contribution in [2.75, 3.05) is 0 Å². The van der Waals surface area contributed by atoms with Gasteiger partial charge in [-0.1, -0.05) is 35.3 Å². The van der Waals surface area contributed by atoms with Crippen molar-refractivity contribution in [2.24, 2.45) is 0 Å². The third kappa shape index (κ3) is 7.68. The summed E-state index contributed by atoms with van der Waals surface area (Å²) < 4.78 is 46.2. The van der Waals surface area contributed by atoms with E-state index in [1.807, 2.05) is 0 Å². The third-order valence-corrected chi connectivity index (χ3v) is 4.48. The number of hydrogen-bond donors (Lipinski definition) is 0. The fourth-order valence-electron chi connectivity index (χ4n) is 1.45. The summed E-state index contributed by atoms with van der Waals surface area (Å²) in [5.74, 6) is -0.924. The lowest BCUT2D eigenvalue weighted by Gasteiger charge is -2.00. The van der Waals surface area contributed by atoms with Crippen molar-refractivity contribution < 1.29 is 17.2 Å². The zero-order chi connectivity index (χ0) is 17.6. The molecule has 0 fully saturated rings. The summed E-state index contributed by atoms with van der Waals surface area (Å²) in [4.78, 5) is 0. The molecule has 0 aromatic heterocycles. The van der Waals surface area contributed by atoms with Crippen LogP contribution in [0.1, 0.15) is 11.1 Å². The number of rotatable bonds is 3. The molecular weight excluding hydrogens is 412 g/mol. The predicted molar refractivity (Wildman–Crippen MR) is 90.9 cm³/mol. The van der Waals surface area contributed by atoms with Crippen LogP contribution >= 0.6 is 45.5 Å². The molecule has 0 atom stereocenters. The predicted octanol–water partition coefficient (Wildman–Crippen LogP) is 5.77. The van der Waals surface area contributed by atoms with Gasteiger partial charge in [-0.15, -0.1) is 11.6 Å². The minimum Gasteiger partial charge on any atom is -0.212 e. The highest BCUT2D eigenvalue weighted by Crippen LogP contribution is 2.20. The van der Waals surface area contributed by atoms with E-state index in [0.29, 0.717) is 10.9 Å². The molecule has 0 N–H and O–H groups in total. The molecule has 23 heavy (non-hydrogen) atoms. The van der Waals surface area contributed by atoms with E-state index in [0.717, 1.165) is 17.7 Å². The Balaban J connectivity index is 0.000000238. The molecule has 2 aromatic rings. The van der Waals surface area contributed by atoms with Crippen molar-refractivity contribution in [3.05, 3.63) is 69.2 Å². The van der Waals surface area contributed by atoms with Crippen LogP contribution in [-0.2, 0) is 20.7 Å². The van der Waals surface area contributed by atoms with Gasteiger partial charge in [0.25, 0.3) is 0 Å². The molecular formula is C14H10Cl4F2O2S. The van der Waals surface area contributed by atoms with Gasteiger partial charge < -0.3 is 0 Å². The summed E-state index contributed by atoms with van der Waals surface area (Å²) in [5, 5.41) is 0.444. The molecule has 0 radical (unpaired) electrons. The lowest BCUT2D eigenvalue weighted by Crippen LogP contribution is -1.96. The van der Waals surface area contributed by atoms with Crippen molar-refractivity contribution in [1.29, 1.82) is 0 Å². The normalized spacial score (nSPS) is 10.9. The minimum absolute atomic E-state index is 0.0595. The van der Waals surface area contributed by atoms with Crippen LogP contribution in [0.15, 0.2) is 36.4 Å². The first-order valence-electron chi connectivity index (χ1n) is 5.98. The highest BCUT2D eigenvalue weighted by molar-refractivity contribution is 8.13. The standard InChI is InChI=1S/C7H5Cl2FO2S.C7H5Cl2F/c8-7-3-6(10)2-1-5(7)4-13(9,11)12;8-4-5-1-2-6(10)3-7(5)9/h1-3H,4H2;1-3H,4H2. The second-order valence-corrected chi connectivity index (χ2v) is 8.15. The van der Waals surface area contributed by atoms with E-state index in [-0.39, 0.29) is 16.4 Å². The van der Waals surface area contributed by atoms with E-state index in [1.54, 1.807) is 6.07 Å². The Morgan fingerprint density at radius 1 is 0.870 bits per heavy atom. The molecule has 126 valence electrons. The number of benzene rings is 2. The molecule has 0 unspecified atom stereocenters. The average Bonchev–Trinajstić information content (AvgIpc) is 2.42. The van der Waals surface area contributed by atoms with Gasteiger partial charge in [-0.05, 0) is 35.4 Å². The maximum Gasteiger partial charge on any atom is 0.236 e. The second kappa shape index (κ2) is 9.04. The van der Waals surface area contributed by atoms with Crippen LogP contribution in [0.4, 0.5) is 8.78 Å². The Kier molecular flexibility index (Phi) is 8.04. The van der Waals surface area contributed by atoms with Crippen LogP contribution < -0.4 is 0 Å². The van der Waals surface area contributed by atoms with E-state index in [9.17, 15) is 17.2 Å². The fraction of sp³-hybridized carbons (Fsp3) is 0.143. The van der Waals surface area contributed by atoms with Gasteiger partial charge in [0.1, 0.15) is 11.6 Å². The van der Waals surface area contributed by atoms with E-state index < -0.39 is 20.6 Å². The Hall–Kier alpha value is -0.590. The summed E-state index contributed by atoms with van der Waals surface area (Å²) in [5.41, 5.74) is 1.04. The Bertz CT molecular complexity index is 782. The molecule has 0 saturated carbocycles. The highest BCUT2D eigenvalue weighted by atomic mass is 35.7. The Labute approximate surface area is 152 Å². The topological polar surface area (TPSA) is 34.1 Å². The molecule has 0 amide bonds. The summed E-state index contributed by atoms with van der Waals surface area (Å²) in [6.07, 6.45) is 0. The van der Waals surface area contributed by atoms with Crippen LogP contribution in [-0.4, -0.2) is 8.42 Å². The summed E-state index contributed by atoms with van der Waals surface area (Å²) >= 11 is 16.7. The molecule has 0 bridgehead atoms. The van der Waals surface area contributed by atoms with Gasteiger partial charge in [-0.2, -0.15) is 0 Å². The van der Waals surface area contributed by atoms with Crippen LogP contribution in [0.5, 0.6) is 0 Å².